The Morgan fingerprint density at radius 2 is 1.64 bits per heavy atom. The van der Waals surface area contributed by atoms with Gasteiger partial charge in [0.15, 0.2) is 0 Å². The van der Waals surface area contributed by atoms with Crippen LogP contribution in [0.2, 0.25) is 0 Å². The number of hydrogen-bond acceptors (Lipinski definition) is 6. The van der Waals surface area contributed by atoms with E-state index >= 15 is 0 Å². The number of anilines is 3. The predicted molar refractivity (Wildman–Crippen MR) is 174 cm³/mol. The molecule has 9 heteroatoms. The van der Waals surface area contributed by atoms with Crippen molar-refractivity contribution < 1.29 is 14.3 Å². The van der Waals surface area contributed by atoms with Gasteiger partial charge in [0.25, 0.3) is 0 Å². The first kappa shape index (κ1) is 29.4. The summed E-state index contributed by atoms with van der Waals surface area (Å²) in [6.07, 6.45) is 5.31. The molecule has 9 nitrogen and oxygen atoms in total. The highest BCUT2D eigenvalue weighted by Crippen LogP contribution is 2.38. The fourth-order valence-electron chi connectivity index (χ4n) is 5.99. The number of aliphatic imine (C=N–C) groups is 1. The lowest BCUT2D eigenvalue weighted by molar-refractivity contribution is 0.0384. The van der Waals surface area contributed by atoms with Crippen molar-refractivity contribution in [2.45, 2.75) is 65.0 Å². The molecule has 0 saturated heterocycles. The van der Waals surface area contributed by atoms with Gasteiger partial charge in [0.05, 0.1) is 36.7 Å². The molecular formula is C35H40N6O3. The van der Waals surface area contributed by atoms with Crippen molar-refractivity contribution in [1.82, 2.24) is 9.91 Å². The summed E-state index contributed by atoms with van der Waals surface area (Å²) in [7, 11) is 0. The van der Waals surface area contributed by atoms with Gasteiger partial charge in [-0.05, 0) is 69.5 Å². The van der Waals surface area contributed by atoms with Crippen LogP contribution < -0.4 is 10.2 Å². The quantitative estimate of drug-likeness (QED) is 0.328. The molecule has 1 saturated carbocycles. The number of benzene rings is 3. The van der Waals surface area contributed by atoms with Crippen LogP contribution in [0.5, 0.6) is 0 Å². The highest BCUT2D eigenvalue weighted by Gasteiger charge is 2.34. The Kier molecular flexibility index (Phi) is 8.37. The number of amides is 3. The monoisotopic (exact) mass is 592 g/mol. The van der Waals surface area contributed by atoms with E-state index in [4.69, 9.17) is 9.84 Å². The Hall–Kier alpha value is -4.66. The Balaban J connectivity index is 1.31. The Morgan fingerprint density at radius 3 is 2.36 bits per heavy atom. The van der Waals surface area contributed by atoms with Crippen LogP contribution in [0.3, 0.4) is 0 Å². The maximum atomic E-state index is 14.4. The van der Waals surface area contributed by atoms with Crippen molar-refractivity contribution in [2.24, 2.45) is 16.0 Å². The Bertz CT molecular complexity index is 1560. The highest BCUT2D eigenvalue weighted by molar-refractivity contribution is 6.14. The maximum absolute atomic E-state index is 14.4. The number of urea groups is 1. The molecule has 228 valence electrons. The normalized spacial score (nSPS) is 17.5. The highest BCUT2D eigenvalue weighted by atomic mass is 16.6. The lowest BCUT2D eigenvalue weighted by atomic mass is 9.83. The van der Waals surface area contributed by atoms with Gasteiger partial charge in [0.2, 0.25) is 5.96 Å². The average molecular weight is 593 g/mol. The molecule has 3 aliphatic rings. The second kappa shape index (κ2) is 12.5. The van der Waals surface area contributed by atoms with Crippen molar-refractivity contribution in [2.75, 3.05) is 23.3 Å². The summed E-state index contributed by atoms with van der Waals surface area (Å²) in [4.78, 5) is 34.9. The molecule has 3 amide bonds. The molecule has 2 aliphatic heterocycles. The van der Waals surface area contributed by atoms with Gasteiger partial charge in [-0.25, -0.2) is 19.5 Å². The first-order valence-electron chi connectivity index (χ1n) is 15.5. The van der Waals surface area contributed by atoms with E-state index in [1.165, 1.54) is 24.2 Å². The van der Waals surface area contributed by atoms with E-state index in [-0.39, 0.29) is 6.03 Å². The summed E-state index contributed by atoms with van der Waals surface area (Å²) in [5.41, 5.74) is 4.71. The third-order valence-electron chi connectivity index (χ3n) is 8.06. The standard InChI is InChI=1S/C35H40N6O3/c1-35(2,3)44-34(43)39-23-22-36-32(39)37-27-18-20-28(21-19-27)41-30-17-11-10-16-29(30)31(26-14-8-5-9-15-26)38-40(33(41)42)24-25-12-6-4-7-13-25/h4,6-7,10-13,16-21,26H,5,8-9,14-15,22-24H2,1-3H3,(H,36,37). The molecule has 44 heavy (non-hydrogen) atoms. The molecule has 0 aromatic heterocycles. The number of hydrazone groups is 1. The van der Waals surface area contributed by atoms with Gasteiger partial charge in [-0.3, -0.25) is 9.89 Å². The molecule has 6 rings (SSSR count). The molecule has 3 aromatic rings. The SMILES string of the molecule is CC(C)(C)OC(=O)N1CCN=C1Nc1ccc(N2C(=O)N(Cc3ccccc3)N=C(C3CCCCC3)c3ccccc32)cc1. The third-order valence-corrected chi connectivity index (χ3v) is 8.06. The zero-order valence-electron chi connectivity index (χ0n) is 25.7. The summed E-state index contributed by atoms with van der Waals surface area (Å²) >= 11 is 0. The van der Waals surface area contributed by atoms with Crippen molar-refractivity contribution in [3.8, 4) is 0 Å². The van der Waals surface area contributed by atoms with Crippen molar-refractivity contribution >= 4 is 40.9 Å². The van der Waals surface area contributed by atoms with Gasteiger partial charge in [-0.2, -0.15) is 5.10 Å². The average Bonchev–Trinajstić information content (AvgIpc) is 3.44. The zero-order chi connectivity index (χ0) is 30.7. The second-order valence-corrected chi connectivity index (χ2v) is 12.5. The van der Waals surface area contributed by atoms with Crippen LogP contribution in [0.1, 0.15) is 64.0 Å². The van der Waals surface area contributed by atoms with Gasteiger partial charge in [0, 0.05) is 17.2 Å². The Morgan fingerprint density at radius 1 is 0.932 bits per heavy atom. The van der Waals surface area contributed by atoms with Crippen LogP contribution in [0.25, 0.3) is 0 Å². The van der Waals surface area contributed by atoms with Crippen LogP contribution >= 0.6 is 0 Å². The summed E-state index contributed by atoms with van der Waals surface area (Å²) < 4.78 is 5.56. The second-order valence-electron chi connectivity index (χ2n) is 12.5. The minimum Gasteiger partial charge on any atom is -0.443 e. The van der Waals surface area contributed by atoms with Gasteiger partial charge >= 0.3 is 12.1 Å². The molecule has 2 heterocycles. The van der Waals surface area contributed by atoms with Gasteiger partial charge in [-0.15, -0.1) is 0 Å². The summed E-state index contributed by atoms with van der Waals surface area (Å²) in [5, 5.41) is 9.99. The zero-order valence-corrected chi connectivity index (χ0v) is 25.7. The smallest absolute Gasteiger partial charge is 0.417 e. The number of guanidine groups is 1. The number of rotatable bonds is 5. The van der Waals surface area contributed by atoms with E-state index in [1.807, 2.05) is 93.6 Å². The molecule has 0 radical (unpaired) electrons. The topological polar surface area (TPSA) is 89.8 Å². The summed E-state index contributed by atoms with van der Waals surface area (Å²) in [5.74, 6) is 0.755. The Labute approximate surface area is 259 Å². The molecule has 1 fully saturated rings. The largest absolute Gasteiger partial charge is 0.443 e. The minimum atomic E-state index is -0.600. The maximum Gasteiger partial charge on any atom is 0.417 e. The third kappa shape index (κ3) is 6.46. The van der Waals surface area contributed by atoms with Crippen LogP contribution in [0, 0.1) is 5.92 Å². The van der Waals surface area contributed by atoms with Gasteiger partial charge in [0.1, 0.15) is 5.60 Å². The molecule has 0 bridgehead atoms. The van der Waals surface area contributed by atoms with Crippen LogP contribution in [0.4, 0.5) is 26.7 Å². The van der Waals surface area contributed by atoms with Crippen LogP contribution in [-0.2, 0) is 11.3 Å². The lowest BCUT2D eigenvalue weighted by Gasteiger charge is -2.27. The van der Waals surface area contributed by atoms with E-state index in [2.05, 4.69) is 16.4 Å². The molecule has 0 unspecified atom stereocenters. The summed E-state index contributed by atoms with van der Waals surface area (Å²) in [6, 6.07) is 25.5. The van der Waals surface area contributed by atoms with Crippen molar-refractivity contribution in [1.29, 1.82) is 0 Å². The molecule has 1 N–H and O–H groups in total. The van der Waals surface area contributed by atoms with Gasteiger partial charge in [-0.1, -0.05) is 67.8 Å². The van der Waals surface area contributed by atoms with E-state index < -0.39 is 11.7 Å². The number of carbonyl (C=O) groups is 2. The van der Waals surface area contributed by atoms with E-state index in [9.17, 15) is 9.59 Å². The lowest BCUT2D eigenvalue weighted by Crippen LogP contribution is -2.41. The number of ether oxygens (including phenoxy) is 1. The molecule has 0 atom stereocenters. The molecule has 1 aliphatic carbocycles. The summed E-state index contributed by atoms with van der Waals surface area (Å²) in [6.45, 7) is 6.86. The number of hydrogen-bond donors (Lipinski definition) is 1. The van der Waals surface area contributed by atoms with E-state index in [0.717, 1.165) is 46.7 Å². The molecule has 0 spiro atoms. The van der Waals surface area contributed by atoms with E-state index in [0.29, 0.717) is 31.5 Å². The first-order valence-corrected chi connectivity index (χ1v) is 15.5. The molecular weight excluding hydrogens is 552 g/mol. The number of fused-ring (bicyclic) bond motifs is 1. The van der Waals surface area contributed by atoms with Crippen molar-refractivity contribution in [3.05, 3.63) is 90.0 Å². The number of nitrogens with zero attached hydrogens (tertiary/aromatic N) is 5. The number of para-hydroxylation sites is 1. The van der Waals surface area contributed by atoms with Crippen LogP contribution in [0.15, 0.2) is 89.0 Å². The first-order chi connectivity index (χ1) is 21.3. The fraction of sp³-hybridized carbons (Fsp3) is 0.371. The van der Waals surface area contributed by atoms with Crippen molar-refractivity contribution in [3.63, 3.8) is 0 Å². The number of carbonyl (C=O) groups excluding carboxylic acids is 2. The molecule has 3 aromatic carbocycles. The minimum absolute atomic E-state index is 0.205. The van der Waals surface area contributed by atoms with E-state index in [1.54, 1.807) is 9.91 Å². The number of nitrogens with one attached hydrogen (secondary N) is 1. The fourth-order valence-corrected chi connectivity index (χ4v) is 5.99. The van der Waals surface area contributed by atoms with Crippen LogP contribution in [-0.4, -0.2) is 52.4 Å². The predicted octanol–water partition coefficient (Wildman–Crippen LogP) is 7.76. The van der Waals surface area contributed by atoms with Gasteiger partial charge < -0.3 is 10.1 Å².